The highest BCUT2D eigenvalue weighted by Gasteiger charge is 2.19. The van der Waals surface area contributed by atoms with E-state index in [1.165, 1.54) is 0 Å². The van der Waals surface area contributed by atoms with Gasteiger partial charge in [0.1, 0.15) is 5.60 Å². The van der Waals surface area contributed by atoms with Crippen LogP contribution in [0.2, 0.25) is 0 Å². The fraction of sp³-hybridized carbons (Fsp3) is 0.818. The number of rotatable bonds is 3. The zero-order chi connectivity index (χ0) is 12.3. The van der Waals surface area contributed by atoms with E-state index in [0.717, 1.165) is 0 Å². The summed E-state index contributed by atoms with van der Waals surface area (Å²) in [6.07, 6.45) is 1.56. The van der Waals surface area contributed by atoms with E-state index in [-0.39, 0.29) is 17.1 Å². The first-order valence-corrected chi connectivity index (χ1v) is 5.38. The van der Waals surface area contributed by atoms with Crippen LogP contribution in [0, 0.1) is 0 Å². The van der Waals surface area contributed by atoms with Crippen molar-refractivity contribution in [1.82, 2.24) is 4.42 Å². The first-order chi connectivity index (χ1) is 6.52. The molecule has 4 heteroatoms. The van der Waals surface area contributed by atoms with Gasteiger partial charge in [-0.15, -0.1) is 0 Å². The van der Waals surface area contributed by atoms with Crippen molar-refractivity contribution in [3.8, 4) is 0 Å². The molecule has 0 aromatic carbocycles. The number of ether oxygens (including phenoxy) is 1. The number of hydrogen-bond donors (Lipinski definition) is 1. The van der Waals surface area contributed by atoms with Crippen LogP contribution in [0.15, 0.2) is 12.0 Å². The van der Waals surface area contributed by atoms with Crippen LogP contribution in [0.3, 0.4) is 0 Å². The third-order valence-corrected chi connectivity index (χ3v) is 2.21. The van der Waals surface area contributed by atoms with E-state index in [0.29, 0.717) is 6.54 Å². The van der Waals surface area contributed by atoms with Crippen LogP contribution >= 0.6 is 11.8 Å². The van der Waals surface area contributed by atoms with Gasteiger partial charge >= 0.3 is 0 Å². The number of halogens is 1. The summed E-state index contributed by atoms with van der Waals surface area (Å²) in [5, 5.41) is 9.45. The highest BCUT2D eigenvalue weighted by molar-refractivity contribution is 6.13. The van der Waals surface area contributed by atoms with Gasteiger partial charge in [0, 0.05) is 18.2 Å². The SMILES string of the molecule is CC(C)(C)O/C(O)=C/CN(Cl)C(C)(C)C. The molecule has 0 saturated carbocycles. The summed E-state index contributed by atoms with van der Waals surface area (Å²) in [5.41, 5.74) is -0.528. The average molecular weight is 236 g/mol. The van der Waals surface area contributed by atoms with Crippen molar-refractivity contribution < 1.29 is 9.84 Å². The van der Waals surface area contributed by atoms with Crippen molar-refractivity contribution in [1.29, 1.82) is 0 Å². The number of aliphatic hydroxyl groups is 1. The standard InChI is InChI=1S/C11H22ClNO2/c1-10(2,3)13(12)8-7-9(14)15-11(4,5)6/h7,14H,8H2,1-6H3/b9-7+. The van der Waals surface area contributed by atoms with Gasteiger partial charge in [0.25, 0.3) is 5.95 Å². The maximum atomic E-state index is 9.45. The van der Waals surface area contributed by atoms with Crippen LogP contribution in [-0.2, 0) is 4.74 Å². The maximum absolute atomic E-state index is 9.45. The predicted molar refractivity (Wildman–Crippen MR) is 63.9 cm³/mol. The van der Waals surface area contributed by atoms with Gasteiger partial charge < -0.3 is 9.84 Å². The Balaban J connectivity index is 4.18. The summed E-state index contributed by atoms with van der Waals surface area (Å²) >= 11 is 5.99. The minimum atomic E-state index is -0.389. The molecule has 0 amide bonds. The van der Waals surface area contributed by atoms with Crippen molar-refractivity contribution in [3.63, 3.8) is 0 Å². The molecule has 0 aromatic rings. The summed E-state index contributed by atoms with van der Waals surface area (Å²) in [6, 6.07) is 0. The van der Waals surface area contributed by atoms with Gasteiger partial charge in [-0.1, -0.05) is 0 Å². The second-order valence-corrected chi connectivity index (χ2v) is 5.88. The molecule has 0 heterocycles. The average Bonchev–Trinajstić information content (AvgIpc) is 1.94. The van der Waals surface area contributed by atoms with Gasteiger partial charge in [-0.05, 0) is 53.3 Å². The number of hydrogen-bond acceptors (Lipinski definition) is 3. The van der Waals surface area contributed by atoms with Crippen LogP contribution in [0.4, 0.5) is 0 Å². The minimum Gasteiger partial charge on any atom is -0.481 e. The van der Waals surface area contributed by atoms with E-state index in [4.69, 9.17) is 16.5 Å². The van der Waals surface area contributed by atoms with Crippen LogP contribution in [0.5, 0.6) is 0 Å². The molecule has 0 unspecified atom stereocenters. The van der Waals surface area contributed by atoms with Gasteiger partial charge in [0.2, 0.25) is 0 Å². The Hall–Kier alpha value is -0.410. The minimum absolute atomic E-state index is 0.0857. The highest BCUT2D eigenvalue weighted by atomic mass is 35.5. The first-order valence-electron chi connectivity index (χ1n) is 5.04. The van der Waals surface area contributed by atoms with Gasteiger partial charge in [-0.3, -0.25) is 0 Å². The molecule has 0 aliphatic carbocycles. The smallest absolute Gasteiger partial charge is 0.274 e. The molecule has 0 atom stereocenters. The van der Waals surface area contributed by atoms with Gasteiger partial charge in [0.15, 0.2) is 0 Å². The lowest BCUT2D eigenvalue weighted by Crippen LogP contribution is -2.34. The summed E-state index contributed by atoms with van der Waals surface area (Å²) < 4.78 is 6.84. The lowest BCUT2D eigenvalue weighted by atomic mass is 10.1. The first kappa shape index (κ1) is 14.6. The number of aliphatic hydroxyl groups excluding tert-OH is 1. The monoisotopic (exact) mass is 235 g/mol. The fourth-order valence-electron chi connectivity index (χ4n) is 0.787. The van der Waals surface area contributed by atoms with E-state index in [9.17, 15) is 5.11 Å². The van der Waals surface area contributed by atoms with E-state index in [1.807, 2.05) is 41.5 Å². The van der Waals surface area contributed by atoms with Crippen molar-refractivity contribution in [2.45, 2.75) is 52.7 Å². The molecule has 0 radical (unpaired) electrons. The second-order valence-electron chi connectivity index (χ2n) is 5.47. The normalized spacial score (nSPS) is 14.5. The van der Waals surface area contributed by atoms with Crippen LogP contribution in [-0.4, -0.2) is 27.2 Å². The second kappa shape index (κ2) is 5.08. The Morgan fingerprint density at radius 3 is 2.07 bits per heavy atom. The molecule has 0 spiro atoms. The molecule has 0 fully saturated rings. The molecular weight excluding hydrogens is 214 g/mol. The van der Waals surface area contributed by atoms with E-state index < -0.39 is 0 Å². The summed E-state index contributed by atoms with van der Waals surface area (Å²) in [6.45, 7) is 12.0. The van der Waals surface area contributed by atoms with Gasteiger partial charge in [-0.25, -0.2) is 4.42 Å². The van der Waals surface area contributed by atoms with Crippen LogP contribution in [0.25, 0.3) is 0 Å². The molecule has 0 rings (SSSR count). The van der Waals surface area contributed by atoms with Gasteiger partial charge in [-0.2, -0.15) is 0 Å². The van der Waals surface area contributed by atoms with Crippen molar-refractivity contribution in [2.75, 3.05) is 6.54 Å². The third-order valence-electron chi connectivity index (χ3n) is 1.56. The van der Waals surface area contributed by atoms with Crippen LogP contribution in [0.1, 0.15) is 41.5 Å². The fourth-order valence-corrected chi connectivity index (χ4v) is 0.856. The summed E-state index contributed by atoms with van der Waals surface area (Å²) in [4.78, 5) is 0. The predicted octanol–water partition coefficient (Wildman–Crippen LogP) is 3.46. The third kappa shape index (κ3) is 7.51. The molecule has 0 saturated heterocycles. The molecule has 90 valence electrons. The van der Waals surface area contributed by atoms with Crippen molar-refractivity contribution >= 4 is 11.8 Å². The quantitative estimate of drug-likeness (QED) is 0.601. The Bertz CT molecular complexity index is 226. The Morgan fingerprint density at radius 1 is 1.27 bits per heavy atom. The molecule has 0 aliphatic rings. The summed E-state index contributed by atoms with van der Waals surface area (Å²) in [7, 11) is 0. The molecule has 15 heavy (non-hydrogen) atoms. The zero-order valence-corrected chi connectivity index (χ0v) is 11.2. The number of nitrogens with zero attached hydrogens (tertiary/aromatic N) is 1. The molecule has 1 N–H and O–H groups in total. The molecule has 0 aromatic heterocycles. The summed E-state index contributed by atoms with van der Waals surface area (Å²) in [5.74, 6) is -0.0857. The van der Waals surface area contributed by atoms with E-state index in [2.05, 4.69) is 0 Å². The molecule has 0 bridgehead atoms. The highest BCUT2D eigenvalue weighted by Crippen LogP contribution is 2.17. The topological polar surface area (TPSA) is 32.7 Å². The maximum Gasteiger partial charge on any atom is 0.274 e. The molecule has 3 nitrogen and oxygen atoms in total. The van der Waals surface area contributed by atoms with Crippen molar-refractivity contribution in [3.05, 3.63) is 12.0 Å². The molecule has 0 aliphatic heterocycles. The molecular formula is C11H22ClNO2. The largest absolute Gasteiger partial charge is 0.481 e. The Kier molecular flexibility index (Phi) is 4.94. The lowest BCUT2D eigenvalue weighted by Gasteiger charge is -2.27. The van der Waals surface area contributed by atoms with E-state index in [1.54, 1.807) is 10.5 Å². The van der Waals surface area contributed by atoms with E-state index >= 15 is 0 Å². The van der Waals surface area contributed by atoms with Gasteiger partial charge in [0.05, 0.1) is 0 Å². The van der Waals surface area contributed by atoms with Crippen LogP contribution < -0.4 is 0 Å². The Labute approximate surface area is 97.8 Å². The Morgan fingerprint density at radius 2 is 1.73 bits per heavy atom. The van der Waals surface area contributed by atoms with Crippen molar-refractivity contribution in [2.24, 2.45) is 0 Å². The zero-order valence-electron chi connectivity index (χ0n) is 10.5. The lowest BCUT2D eigenvalue weighted by molar-refractivity contribution is -0.0155.